The number of aromatic nitrogens is 1. The van der Waals surface area contributed by atoms with Crippen molar-refractivity contribution >= 4 is 12.0 Å². The fourth-order valence-corrected chi connectivity index (χ4v) is 1.20. The molecule has 94 valence electrons. The van der Waals surface area contributed by atoms with Crippen LogP contribution in [0.5, 0.6) is 0 Å². The molecule has 0 aliphatic rings. The summed E-state index contributed by atoms with van der Waals surface area (Å²) in [6, 6.07) is 1.28. The molecule has 7 nitrogen and oxygen atoms in total. The largest absolute Gasteiger partial charge is 0.481 e. The minimum Gasteiger partial charge on any atom is -0.481 e. The normalized spacial score (nSPS) is 11.8. The van der Waals surface area contributed by atoms with E-state index in [1.54, 1.807) is 13.0 Å². The number of carbonyl (C=O) groups excluding carboxylic acids is 1. The second kappa shape index (κ2) is 6.51. The molecule has 7 heteroatoms. The molecule has 1 aromatic heterocycles. The third-order valence-corrected chi connectivity index (χ3v) is 2.05. The second-order valence-corrected chi connectivity index (χ2v) is 3.75. The highest BCUT2D eigenvalue weighted by atomic mass is 16.5. The van der Waals surface area contributed by atoms with E-state index in [-0.39, 0.29) is 24.9 Å². The zero-order valence-corrected chi connectivity index (χ0v) is 9.47. The SMILES string of the molecule is CC(CNC(=O)NCc1ccno1)CC(=O)O. The predicted octanol–water partition coefficient (Wildman–Crippen LogP) is 0.585. The zero-order valence-electron chi connectivity index (χ0n) is 9.47. The highest BCUT2D eigenvalue weighted by molar-refractivity contribution is 5.73. The van der Waals surface area contributed by atoms with Crippen molar-refractivity contribution < 1.29 is 19.2 Å². The van der Waals surface area contributed by atoms with Gasteiger partial charge in [0.15, 0.2) is 5.76 Å². The van der Waals surface area contributed by atoms with Crippen LogP contribution in [0.2, 0.25) is 0 Å². The molecule has 0 radical (unpaired) electrons. The van der Waals surface area contributed by atoms with Gasteiger partial charge in [0.05, 0.1) is 12.7 Å². The van der Waals surface area contributed by atoms with Gasteiger partial charge in [0.1, 0.15) is 0 Å². The van der Waals surface area contributed by atoms with Gasteiger partial charge in [-0.05, 0) is 5.92 Å². The summed E-state index contributed by atoms with van der Waals surface area (Å²) in [7, 11) is 0. The van der Waals surface area contributed by atoms with Crippen molar-refractivity contribution in [3.05, 3.63) is 18.0 Å². The lowest BCUT2D eigenvalue weighted by Crippen LogP contribution is -2.37. The zero-order chi connectivity index (χ0) is 12.7. The van der Waals surface area contributed by atoms with Gasteiger partial charge < -0.3 is 20.3 Å². The first-order valence-electron chi connectivity index (χ1n) is 5.21. The Bertz CT molecular complexity index is 364. The number of hydrogen-bond acceptors (Lipinski definition) is 4. The topological polar surface area (TPSA) is 104 Å². The summed E-state index contributed by atoms with van der Waals surface area (Å²) in [5.41, 5.74) is 0. The average Bonchev–Trinajstić information content (AvgIpc) is 2.75. The quantitative estimate of drug-likeness (QED) is 0.676. The molecule has 0 saturated heterocycles. The van der Waals surface area contributed by atoms with Gasteiger partial charge in [-0.1, -0.05) is 12.1 Å². The van der Waals surface area contributed by atoms with Gasteiger partial charge in [-0.3, -0.25) is 4.79 Å². The minimum atomic E-state index is -0.874. The molecular formula is C10H15N3O4. The first kappa shape index (κ1) is 13.0. The summed E-state index contributed by atoms with van der Waals surface area (Å²) in [4.78, 5) is 21.7. The lowest BCUT2D eigenvalue weighted by atomic mass is 10.1. The summed E-state index contributed by atoms with van der Waals surface area (Å²) < 4.78 is 4.79. The van der Waals surface area contributed by atoms with Crippen LogP contribution in [-0.2, 0) is 11.3 Å². The number of carboxylic acids is 1. The van der Waals surface area contributed by atoms with Crippen LogP contribution in [0.1, 0.15) is 19.1 Å². The predicted molar refractivity (Wildman–Crippen MR) is 58.2 cm³/mol. The van der Waals surface area contributed by atoms with Gasteiger partial charge >= 0.3 is 12.0 Å². The number of carboxylic acid groups (broad SMARTS) is 1. The summed E-state index contributed by atoms with van der Waals surface area (Å²) >= 11 is 0. The van der Waals surface area contributed by atoms with Crippen molar-refractivity contribution in [1.29, 1.82) is 0 Å². The van der Waals surface area contributed by atoms with E-state index in [4.69, 9.17) is 9.63 Å². The van der Waals surface area contributed by atoms with Gasteiger partial charge in [-0.2, -0.15) is 0 Å². The van der Waals surface area contributed by atoms with Crippen LogP contribution >= 0.6 is 0 Å². The van der Waals surface area contributed by atoms with Crippen LogP contribution in [0, 0.1) is 5.92 Å². The molecule has 0 aliphatic carbocycles. The summed E-state index contributed by atoms with van der Waals surface area (Å²) in [6.45, 7) is 2.32. The molecule has 2 amide bonds. The first-order valence-corrected chi connectivity index (χ1v) is 5.21. The monoisotopic (exact) mass is 241 g/mol. The maximum absolute atomic E-state index is 11.3. The van der Waals surface area contributed by atoms with Gasteiger partial charge in [-0.25, -0.2) is 4.79 Å². The van der Waals surface area contributed by atoms with Crippen LogP contribution < -0.4 is 10.6 Å². The molecule has 0 bridgehead atoms. The molecular weight excluding hydrogens is 226 g/mol. The lowest BCUT2D eigenvalue weighted by molar-refractivity contribution is -0.137. The summed E-state index contributed by atoms with van der Waals surface area (Å²) in [6.07, 6.45) is 1.52. The number of urea groups is 1. The third kappa shape index (κ3) is 5.55. The number of carbonyl (C=O) groups is 2. The van der Waals surface area contributed by atoms with Crippen LogP contribution in [0.3, 0.4) is 0 Å². The molecule has 3 N–H and O–H groups in total. The summed E-state index contributed by atoms with van der Waals surface area (Å²) in [5.74, 6) is -0.427. The Morgan fingerprint density at radius 3 is 2.88 bits per heavy atom. The number of amides is 2. The van der Waals surface area contributed by atoms with Crippen LogP contribution in [-0.4, -0.2) is 28.8 Å². The number of nitrogens with zero attached hydrogens (tertiary/aromatic N) is 1. The smallest absolute Gasteiger partial charge is 0.315 e. The molecule has 1 atom stereocenters. The Balaban J connectivity index is 2.15. The highest BCUT2D eigenvalue weighted by Crippen LogP contribution is 1.99. The van der Waals surface area contributed by atoms with E-state index >= 15 is 0 Å². The Morgan fingerprint density at radius 2 is 2.29 bits per heavy atom. The molecule has 17 heavy (non-hydrogen) atoms. The van der Waals surface area contributed by atoms with Crippen LogP contribution in [0.15, 0.2) is 16.8 Å². The average molecular weight is 241 g/mol. The third-order valence-electron chi connectivity index (χ3n) is 2.05. The maximum atomic E-state index is 11.3. The van der Waals surface area contributed by atoms with E-state index in [9.17, 15) is 9.59 Å². The van der Waals surface area contributed by atoms with Crippen LogP contribution in [0.4, 0.5) is 4.79 Å². The summed E-state index contributed by atoms with van der Waals surface area (Å²) in [5, 5.41) is 17.2. The molecule has 0 fully saturated rings. The molecule has 1 heterocycles. The molecule has 1 rings (SSSR count). The Morgan fingerprint density at radius 1 is 1.53 bits per heavy atom. The second-order valence-electron chi connectivity index (χ2n) is 3.75. The van der Waals surface area contributed by atoms with E-state index in [2.05, 4.69) is 15.8 Å². The van der Waals surface area contributed by atoms with Crippen molar-refractivity contribution in [1.82, 2.24) is 15.8 Å². The van der Waals surface area contributed by atoms with E-state index in [1.165, 1.54) is 6.20 Å². The van der Waals surface area contributed by atoms with Crippen LogP contribution in [0.25, 0.3) is 0 Å². The molecule has 0 saturated carbocycles. The highest BCUT2D eigenvalue weighted by Gasteiger charge is 2.09. The van der Waals surface area contributed by atoms with E-state index in [0.29, 0.717) is 12.3 Å². The van der Waals surface area contributed by atoms with Crippen molar-refractivity contribution in [2.24, 2.45) is 5.92 Å². The number of aliphatic carboxylic acids is 1. The van der Waals surface area contributed by atoms with Crippen molar-refractivity contribution in [3.8, 4) is 0 Å². The molecule has 0 aliphatic heterocycles. The van der Waals surface area contributed by atoms with Crippen molar-refractivity contribution in [3.63, 3.8) is 0 Å². The molecule has 0 spiro atoms. The van der Waals surface area contributed by atoms with Gasteiger partial charge in [-0.15, -0.1) is 0 Å². The fourth-order valence-electron chi connectivity index (χ4n) is 1.20. The Labute approximate surface area is 98.2 Å². The van der Waals surface area contributed by atoms with E-state index < -0.39 is 5.97 Å². The number of rotatable bonds is 6. The maximum Gasteiger partial charge on any atom is 0.315 e. The fraction of sp³-hybridized carbons (Fsp3) is 0.500. The molecule has 1 aromatic rings. The van der Waals surface area contributed by atoms with Crippen molar-refractivity contribution in [2.45, 2.75) is 19.9 Å². The standard InChI is InChI=1S/C10H15N3O4/c1-7(4-9(14)15)5-11-10(16)12-6-8-2-3-13-17-8/h2-3,7H,4-6H2,1H3,(H,14,15)(H2,11,12,16). The molecule has 1 unspecified atom stereocenters. The van der Waals surface area contributed by atoms with Crippen molar-refractivity contribution in [2.75, 3.05) is 6.54 Å². The van der Waals surface area contributed by atoms with E-state index in [0.717, 1.165) is 0 Å². The first-order chi connectivity index (χ1) is 8.08. The van der Waals surface area contributed by atoms with Gasteiger partial charge in [0.25, 0.3) is 0 Å². The Kier molecular flexibility index (Phi) is 4.99. The minimum absolute atomic E-state index is 0.0301. The molecule has 0 aromatic carbocycles. The Hall–Kier alpha value is -2.05. The van der Waals surface area contributed by atoms with Gasteiger partial charge in [0, 0.05) is 19.0 Å². The van der Waals surface area contributed by atoms with E-state index in [1.807, 2.05) is 0 Å². The number of hydrogen-bond donors (Lipinski definition) is 3. The lowest BCUT2D eigenvalue weighted by Gasteiger charge is -2.10. The van der Waals surface area contributed by atoms with Gasteiger partial charge in [0.2, 0.25) is 0 Å². The number of nitrogens with one attached hydrogen (secondary N) is 2.